The molecule has 5 rings (SSSR count). The normalized spacial score (nSPS) is 11.3. The zero-order valence-corrected chi connectivity index (χ0v) is 18.4. The standard InChI is InChI=1S/C22H15ClN4O5S/c23-14-4-2-1-3-13(14)18-8-17(30)19-15(28)7-16(29)20(21(19)32-18)22-25-9-12(31-22)5-6-33-27-11-24-10-26-27/h1-4,7-11,28-29H,5-6H2. The molecule has 5 aromatic rings. The van der Waals surface area contributed by atoms with Gasteiger partial charge in [-0.15, -0.1) is 5.10 Å². The first kappa shape index (κ1) is 21.1. The van der Waals surface area contributed by atoms with Crippen molar-refractivity contribution >= 4 is 34.5 Å². The van der Waals surface area contributed by atoms with Crippen LogP contribution in [-0.4, -0.2) is 35.1 Å². The second-order valence-electron chi connectivity index (χ2n) is 6.96. The van der Waals surface area contributed by atoms with Gasteiger partial charge in [0.1, 0.15) is 46.6 Å². The molecule has 0 aliphatic carbocycles. The highest BCUT2D eigenvalue weighted by Gasteiger charge is 2.23. The summed E-state index contributed by atoms with van der Waals surface area (Å²) in [5.41, 5.74) is -0.00426. The van der Waals surface area contributed by atoms with E-state index in [9.17, 15) is 15.0 Å². The molecular formula is C22H15ClN4O5S. The van der Waals surface area contributed by atoms with Gasteiger partial charge in [0.25, 0.3) is 0 Å². The van der Waals surface area contributed by atoms with Crippen LogP contribution in [0.15, 0.2) is 68.9 Å². The van der Waals surface area contributed by atoms with Crippen LogP contribution >= 0.6 is 23.5 Å². The molecule has 0 spiro atoms. The van der Waals surface area contributed by atoms with E-state index >= 15 is 0 Å². The van der Waals surface area contributed by atoms with Crippen molar-refractivity contribution in [2.24, 2.45) is 0 Å². The first-order chi connectivity index (χ1) is 16.0. The summed E-state index contributed by atoms with van der Waals surface area (Å²) in [5.74, 6) is 0.680. The van der Waals surface area contributed by atoms with Gasteiger partial charge >= 0.3 is 0 Å². The number of phenols is 2. The fraction of sp³-hybridized carbons (Fsp3) is 0.0909. The molecule has 166 valence electrons. The lowest BCUT2D eigenvalue weighted by Crippen LogP contribution is -2.02. The van der Waals surface area contributed by atoms with Crippen LogP contribution in [0.5, 0.6) is 11.5 Å². The molecule has 0 radical (unpaired) electrons. The van der Waals surface area contributed by atoms with Crippen LogP contribution in [0.1, 0.15) is 5.76 Å². The van der Waals surface area contributed by atoms with Crippen LogP contribution < -0.4 is 5.43 Å². The number of aromatic nitrogens is 4. The molecule has 0 atom stereocenters. The molecule has 3 aromatic heterocycles. The monoisotopic (exact) mass is 482 g/mol. The van der Waals surface area contributed by atoms with Gasteiger partial charge in [-0.25, -0.2) is 9.97 Å². The largest absolute Gasteiger partial charge is 0.507 e. The van der Waals surface area contributed by atoms with Gasteiger partial charge in [-0.2, -0.15) is 4.09 Å². The number of rotatable bonds is 6. The van der Waals surface area contributed by atoms with Crippen molar-refractivity contribution in [1.29, 1.82) is 0 Å². The minimum Gasteiger partial charge on any atom is -0.507 e. The van der Waals surface area contributed by atoms with Crippen LogP contribution in [0.25, 0.3) is 33.7 Å². The molecule has 0 saturated heterocycles. The second-order valence-corrected chi connectivity index (χ2v) is 8.41. The zero-order chi connectivity index (χ0) is 22.9. The Balaban J connectivity index is 1.57. The van der Waals surface area contributed by atoms with E-state index in [4.69, 9.17) is 20.4 Å². The average molecular weight is 483 g/mol. The van der Waals surface area contributed by atoms with Crippen molar-refractivity contribution in [2.45, 2.75) is 6.42 Å². The topological polar surface area (TPSA) is 127 Å². The molecule has 0 amide bonds. The summed E-state index contributed by atoms with van der Waals surface area (Å²) in [6.45, 7) is 0. The molecule has 0 aliphatic heterocycles. The summed E-state index contributed by atoms with van der Waals surface area (Å²) >= 11 is 7.70. The highest BCUT2D eigenvalue weighted by molar-refractivity contribution is 7.97. The third-order valence-corrected chi connectivity index (χ3v) is 6.01. The maximum Gasteiger partial charge on any atom is 0.233 e. The van der Waals surface area contributed by atoms with Crippen molar-refractivity contribution < 1.29 is 19.0 Å². The van der Waals surface area contributed by atoms with E-state index in [1.54, 1.807) is 34.7 Å². The number of hydrogen-bond donors (Lipinski definition) is 2. The highest BCUT2D eigenvalue weighted by Crippen LogP contribution is 2.41. The molecule has 9 nitrogen and oxygen atoms in total. The van der Waals surface area contributed by atoms with E-state index in [1.807, 2.05) is 0 Å². The summed E-state index contributed by atoms with van der Waals surface area (Å²) < 4.78 is 13.4. The van der Waals surface area contributed by atoms with Crippen LogP contribution in [-0.2, 0) is 6.42 Å². The summed E-state index contributed by atoms with van der Waals surface area (Å²) in [5, 5.41) is 25.2. The first-order valence-corrected chi connectivity index (χ1v) is 11.0. The Hall–Kier alpha value is -3.76. The predicted octanol–water partition coefficient (Wildman–Crippen LogP) is 4.51. The smallest absolute Gasteiger partial charge is 0.233 e. The Morgan fingerprint density at radius 1 is 1.12 bits per heavy atom. The lowest BCUT2D eigenvalue weighted by molar-refractivity contribution is 0.450. The van der Waals surface area contributed by atoms with E-state index in [0.717, 1.165) is 6.07 Å². The Bertz CT molecular complexity index is 1510. The molecule has 0 bridgehead atoms. The van der Waals surface area contributed by atoms with Gasteiger partial charge in [-0.1, -0.05) is 23.7 Å². The van der Waals surface area contributed by atoms with Gasteiger partial charge in [0.2, 0.25) is 5.89 Å². The molecule has 2 aromatic carbocycles. The summed E-state index contributed by atoms with van der Waals surface area (Å²) in [6.07, 6.45) is 5.10. The maximum absolute atomic E-state index is 12.8. The van der Waals surface area contributed by atoms with Crippen molar-refractivity contribution in [3.05, 3.63) is 76.3 Å². The van der Waals surface area contributed by atoms with Crippen LogP contribution in [0, 0.1) is 0 Å². The van der Waals surface area contributed by atoms with E-state index in [1.165, 1.54) is 30.5 Å². The van der Waals surface area contributed by atoms with Crippen molar-refractivity contribution in [1.82, 2.24) is 19.2 Å². The van der Waals surface area contributed by atoms with Gasteiger partial charge in [-0.05, 0) is 24.1 Å². The molecular weight excluding hydrogens is 468 g/mol. The van der Waals surface area contributed by atoms with E-state index in [-0.39, 0.29) is 33.9 Å². The Morgan fingerprint density at radius 3 is 2.76 bits per heavy atom. The van der Waals surface area contributed by atoms with Crippen molar-refractivity contribution in [2.75, 3.05) is 5.75 Å². The van der Waals surface area contributed by atoms with Crippen LogP contribution in [0.3, 0.4) is 0 Å². The number of aromatic hydroxyl groups is 2. The van der Waals surface area contributed by atoms with Crippen molar-refractivity contribution in [3.8, 4) is 34.3 Å². The van der Waals surface area contributed by atoms with Gasteiger partial charge < -0.3 is 19.0 Å². The Morgan fingerprint density at radius 2 is 1.97 bits per heavy atom. The zero-order valence-electron chi connectivity index (χ0n) is 16.8. The lowest BCUT2D eigenvalue weighted by atomic mass is 10.1. The summed E-state index contributed by atoms with van der Waals surface area (Å²) in [7, 11) is 0. The van der Waals surface area contributed by atoms with Gasteiger partial charge in [0.05, 0.1) is 11.2 Å². The molecule has 2 N–H and O–H groups in total. The minimum atomic E-state index is -0.499. The quantitative estimate of drug-likeness (QED) is 0.359. The SMILES string of the molecule is O=c1cc(-c2ccccc2Cl)oc2c(-c3ncc(CCSn4cncn4)o3)c(O)cc(O)c12. The minimum absolute atomic E-state index is 0.0534. The maximum atomic E-state index is 12.8. The predicted molar refractivity (Wildman–Crippen MR) is 123 cm³/mol. The number of nitrogens with zero attached hydrogens (tertiary/aromatic N) is 4. The fourth-order valence-electron chi connectivity index (χ4n) is 3.35. The molecule has 0 fully saturated rings. The number of fused-ring (bicyclic) bond motifs is 1. The summed E-state index contributed by atoms with van der Waals surface area (Å²) in [4.78, 5) is 21.0. The Labute approximate surface area is 195 Å². The summed E-state index contributed by atoms with van der Waals surface area (Å²) in [6, 6.07) is 9.18. The molecule has 11 heteroatoms. The third-order valence-electron chi connectivity index (χ3n) is 4.84. The van der Waals surface area contributed by atoms with E-state index < -0.39 is 11.2 Å². The average Bonchev–Trinajstić information content (AvgIpc) is 3.46. The van der Waals surface area contributed by atoms with Gasteiger partial charge in [0.15, 0.2) is 11.0 Å². The fourth-order valence-corrected chi connectivity index (χ4v) is 4.28. The Kier molecular flexibility index (Phi) is 5.53. The number of halogens is 1. The molecule has 0 aliphatic rings. The van der Waals surface area contributed by atoms with Crippen LogP contribution in [0.4, 0.5) is 0 Å². The molecule has 0 unspecified atom stereocenters. The number of phenolic OH excluding ortho intramolecular Hbond substituents is 2. The molecule has 3 heterocycles. The van der Waals surface area contributed by atoms with Gasteiger partial charge in [0, 0.05) is 29.9 Å². The molecule has 0 saturated carbocycles. The third kappa shape index (κ3) is 4.06. The number of aryl methyl sites for hydroxylation is 1. The van der Waals surface area contributed by atoms with Crippen molar-refractivity contribution in [3.63, 3.8) is 0 Å². The first-order valence-electron chi connectivity index (χ1n) is 9.72. The lowest BCUT2D eigenvalue weighted by Gasteiger charge is -2.10. The van der Waals surface area contributed by atoms with E-state index in [0.29, 0.717) is 28.5 Å². The number of benzene rings is 2. The van der Waals surface area contributed by atoms with Gasteiger partial charge in [-0.3, -0.25) is 4.79 Å². The second kappa shape index (κ2) is 8.64. The molecule has 33 heavy (non-hydrogen) atoms. The highest BCUT2D eigenvalue weighted by atomic mass is 35.5. The number of oxazole rings is 1. The van der Waals surface area contributed by atoms with Crippen LogP contribution in [0.2, 0.25) is 5.02 Å². The number of hydrogen-bond acceptors (Lipinski definition) is 9. The van der Waals surface area contributed by atoms with E-state index in [2.05, 4.69) is 15.1 Å².